The number of anilines is 1. The van der Waals surface area contributed by atoms with Crippen molar-refractivity contribution in [3.05, 3.63) is 88.3 Å². The summed E-state index contributed by atoms with van der Waals surface area (Å²) in [6.07, 6.45) is 0. The van der Waals surface area contributed by atoms with Crippen LogP contribution in [0.25, 0.3) is 5.57 Å². The van der Waals surface area contributed by atoms with E-state index in [4.69, 9.17) is 21.1 Å². The monoisotopic (exact) mass is 451 g/mol. The van der Waals surface area contributed by atoms with Crippen LogP contribution >= 0.6 is 23.4 Å². The van der Waals surface area contributed by atoms with E-state index in [0.29, 0.717) is 38.3 Å². The lowest BCUT2D eigenvalue weighted by atomic mass is 10.0. The van der Waals surface area contributed by atoms with E-state index in [2.05, 4.69) is 0 Å². The second-order valence-corrected chi connectivity index (χ2v) is 8.08. The number of halogens is 1. The third-order valence-corrected chi connectivity index (χ3v) is 6.16. The van der Waals surface area contributed by atoms with Crippen molar-refractivity contribution in [2.24, 2.45) is 0 Å². The van der Waals surface area contributed by atoms with Crippen LogP contribution < -0.4 is 14.4 Å². The highest BCUT2D eigenvalue weighted by atomic mass is 35.5. The zero-order valence-corrected chi connectivity index (χ0v) is 18.4. The molecule has 0 radical (unpaired) electrons. The smallest absolute Gasteiger partial charge is 0.272 e. The molecule has 7 heteroatoms. The number of rotatable bonds is 6. The fourth-order valence-corrected chi connectivity index (χ4v) is 4.59. The summed E-state index contributed by atoms with van der Waals surface area (Å²) in [7, 11) is 3.04. The number of ether oxygens (including phenoxy) is 2. The molecule has 31 heavy (non-hydrogen) atoms. The number of amides is 2. The van der Waals surface area contributed by atoms with Crippen LogP contribution in [0.3, 0.4) is 0 Å². The Bertz CT molecular complexity index is 1190. The Labute approximate surface area is 189 Å². The largest absolute Gasteiger partial charge is 0.496 e. The predicted octanol–water partition coefficient (Wildman–Crippen LogP) is 5.43. The first-order chi connectivity index (χ1) is 15.0. The average Bonchev–Trinajstić information content (AvgIpc) is 3.03. The molecular formula is C24H18ClNO4S. The first-order valence-corrected chi connectivity index (χ1v) is 10.6. The third kappa shape index (κ3) is 3.92. The van der Waals surface area contributed by atoms with E-state index in [1.54, 1.807) is 36.4 Å². The van der Waals surface area contributed by atoms with Crippen molar-refractivity contribution < 1.29 is 19.1 Å². The highest BCUT2D eigenvalue weighted by molar-refractivity contribution is 8.04. The van der Waals surface area contributed by atoms with Gasteiger partial charge in [0, 0.05) is 10.5 Å². The summed E-state index contributed by atoms with van der Waals surface area (Å²) in [6.45, 7) is 0. The van der Waals surface area contributed by atoms with Crippen molar-refractivity contribution in [1.29, 1.82) is 0 Å². The summed E-state index contributed by atoms with van der Waals surface area (Å²) in [5, 5.41) is 0.309. The number of hydrogen-bond acceptors (Lipinski definition) is 5. The predicted molar refractivity (Wildman–Crippen MR) is 123 cm³/mol. The van der Waals surface area contributed by atoms with Gasteiger partial charge in [-0.05, 0) is 36.4 Å². The Hall–Kier alpha value is -3.22. The third-order valence-electron chi connectivity index (χ3n) is 4.77. The molecule has 0 spiro atoms. The van der Waals surface area contributed by atoms with E-state index < -0.39 is 11.8 Å². The maximum absolute atomic E-state index is 13.6. The minimum absolute atomic E-state index is 0.295. The number of benzene rings is 3. The lowest BCUT2D eigenvalue weighted by Crippen LogP contribution is -2.31. The molecule has 0 fully saturated rings. The number of carbonyl (C=O) groups excluding carboxylic acids is 2. The summed E-state index contributed by atoms with van der Waals surface area (Å²) in [5.74, 6) is 0.121. The molecule has 0 atom stereocenters. The number of carbonyl (C=O) groups is 2. The molecule has 156 valence electrons. The maximum atomic E-state index is 13.6. The lowest BCUT2D eigenvalue weighted by Gasteiger charge is -2.16. The van der Waals surface area contributed by atoms with Gasteiger partial charge < -0.3 is 9.47 Å². The quantitative estimate of drug-likeness (QED) is 0.467. The maximum Gasteiger partial charge on any atom is 0.272 e. The number of para-hydroxylation sites is 1. The van der Waals surface area contributed by atoms with E-state index >= 15 is 0 Å². The van der Waals surface area contributed by atoms with Crippen LogP contribution in [-0.4, -0.2) is 26.0 Å². The Morgan fingerprint density at radius 1 is 0.806 bits per heavy atom. The number of nitrogens with zero attached hydrogens (tertiary/aromatic N) is 1. The topological polar surface area (TPSA) is 55.8 Å². The Balaban J connectivity index is 1.85. The van der Waals surface area contributed by atoms with Gasteiger partial charge in [0.05, 0.1) is 35.4 Å². The second-order valence-electron chi connectivity index (χ2n) is 6.58. The van der Waals surface area contributed by atoms with E-state index in [0.717, 1.165) is 9.80 Å². The number of hydrogen-bond donors (Lipinski definition) is 0. The molecule has 1 aliphatic rings. The lowest BCUT2D eigenvalue weighted by molar-refractivity contribution is -0.119. The highest BCUT2D eigenvalue weighted by Crippen LogP contribution is 2.44. The molecule has 0 bridgehead atoms. The molecule has 0 aliphatic carbocycles. The molecule has 0 N–H and O–H groups in total. The van der Waals surface area contributed by atoms with E-state index in [9.17, 15) is 9.59 Å². The number of methoxy groups -OCH3 is 2. The molecule has 4 rings (SSSR count). The van der Waals surface area contributed by atoms with Gasteiger partial charge in [0.2, 0.25) is 0 Å². The molecule has 1 aliphatic heterocycles. The number of imide groups is 1. The van der Waals surface area contributed by atoms with Crippen LogP contribution in [0.2, 0.25) is 5.02 Å². The fraction of sp³-hybridized carbons (Fsp3) is 0.0833. The van der Waals surface area contributed by atoms with E-state index in [1.165, 1.54) is 26.0 Å². The fourth-order valence-electron chi connectivity index (χ4n) is 3.33. The standard InChI is InChI=1S/C24H18ClNO4S/c1-29-19-11-7-6-10-17(19)21-22(31-16-8-4-3-5-9-16)24(28)26(23(21)27)15-12-13-20(30-2)18(25)14-15/h3-14H,1-2H3. The Kier molecular flexibility index (Phi) is 6.02. The van der Waals surface area contributed by atoms with Crippen LogP contribution in [0.5, 0.6) is 11.5 Å². The molecule has 0 aromatic heterocycles. The molecule has 2 amide bonds. The van der Waals surface area contributed by atoms with Crippen LogP contribution in [0, 0.1) is 0 Å². The Morgan fingerprint density at radius 3 is 2.16 bits per heavy atom. The Morgan fingerprint density at radius 2 is 1.48 bits per heavy atom. The van der Waals surface area contributed by atoms with E-state index in [1.807, 2.05) is 36.4 Å². The van der Waals surface area contributed by atoms with Crippen molar-refractivity contribution in [2.75, 3.05) is 19.1 Å². The van der Waals surface area contributed by atoms with Gasteiger partial charge in [-0.1, -0.05) is 59.8 Å². The molecule has 0 unspecified atom stereocenters. The highest BCUT2D eigenvalue weighted by Gasteiger charge is 2.41. The van der Waals surface area contributed by atoms with Crippen molar-refractivity contribution in [2.45, 2.75) is 4.90 Å². The molecule has 5 nitrogen and oxygen atoms in total. The summed E-state index contributed by atoms with van der Waals surface area (Å²) in [4.78, 5) is 29.3. The second kappa shape index (κ2) is 8.88. The summed E-state index contributed by atoms with van der Waals surface area (Å²) in [6, 6.07) is 21.4. The molecule has 1 heterocycles. The minimum Gasteiger partial charge on any atom is -0.496 e. The van der Waals surface area contributed by atoms with Crippen molar-refractivity contribution in [1.82, 2.24) is 0 Å². The van der Waals surface area contributed by atoms with Crippen molar-refractivity contribution >= 4 is 46.4 Å². The van der Waals surface area contributed by atoms with Crippen LogP contribution in [0.1, 0.15) is 5.56 Å². The molecule has 0 saturated carbocycles. The first-order valence-electron chi connectivity index (χ1n) is 9.38. The molecule has 3 aromatic carbocycles. The van der Waals surface area contributed by atoms with Gasteiger partial charge in [-0.25, -0.2) is 4.90 Å². The van der Waals surface area contributed by atoms with Crippen molar-refractivity contribution in [3.8, 4) is 11.5 Å². The zero-order chi connectivity index (χ0) is 22.0. The SMILES string of the molecule is COc1ccc(N2C(=O)C(Sc3ccccc3)=C(c3ccccc3OC)C2=O)cc1Cl. The van der Waals surface area contributed by atoms with Crippen LogP contribution in [-0.2, 0) is 9.59 Å². The van der Waals surface area contributed by atoms with E-state index in [-0.39, 0.29) is 0 Å². The summed E-state index contributed by atoms with van der Waals surface area (Å²) >= 11 is 7.51. The van der Waals surface area contributed by atoms with Gasteiger partial charge in [-0.2, -0.15) is 0 Å². The zero-order valence-electron chi connectivity index (χ0n) is 16.8. The van der Waals surface area contributed by atoms with Gasteiger partial charge in [0.15, 0.2) is 0 Å². The summed E-state index contributed by atoms with van der Waals surface area (Å²) in [5.41, 5.74) is 1.23. The first kappa shape index (κ1) is 21.0. The minimum atomic E-state index is -0.436. The summed E-state index contributed by atoms with van der Waals surface area (Å²) < 4.78 is 10.7. The molecule has 3 aromatic rings. The van der Waals surface area contributed by atoms with Gasteiger partial charge in [0.1, 0.15) is 11.5 Å². The number of thioether (sulfide) groups is 1. The van der Waals surface area contributed by atoms with Crippen LogP contribution in [0.15, 0.2) is 82.6 Å². The van der Waals surface area contributed by atoms with Crippen molar-refractivity contribution in [3.63, 3.8) is 0 Å². The molecule has 0 saturated heterocycles. The normalized spacial score (nSPS) is 13.7. The van der Waals surface area contributed by atoms with Gasteiger partial charge >= 0.3 is 0 Å². The average molecular weight is 452 g/mol. The van der Waals surface area contributed by atoms with Gasteiger partial charge in [0.25, 0.3) is 11.8 Å². The van der Waals surface area contributed by atoms with Gasteiger partial charge in [-0.3, -0.25) is 9.59 Å². The van der Waals surface area contributed by atoms with Crippen LogP contribution in [0.4, 0.5) is 5.69 Å². The van der Waals surface area contributed by atoms with Gasteiger partial charge in [-0.15, -0.1) is 0 Å². The molecular weight excluding hydrogens is 434 g/mol.